The first-order valence-corrected chi connectivity index (χ1v) is 25.3. The quantitative estimate of drug-likeness (QED) is 0.0847. The van der Waals surface area contributed by atoms with E-state index in [2.05, 4.69) is 29.0 Å². The fourth-order valence-corrected chi connectivity index (χ4v) is 9.55. The number of rotatable bonds is 24. The predicted octanol–water partition coefficient (Wildman–Crippen LogP) is 4.83. The maximum atomic E-state index is 14.5. The van der Waals surface area contributed by atoms with Crippen molar-refractivity contribution in [3.05, 3.63) is 35.9 Å². The number of urea groups is 1. The largest absolute Gasteiger partial charge is 0.386 e. The first-order chi connectivity index (χ1) is 28.2. The van der Waals surface area contributed by atoms with Crippen molar-refractivity contribution in [2.45, 2.75) is 155 Å². The first kappa shape index (κ1) is 52.6. The molecule has 0 spiro atoms. The van der Waals surface area contributed by atoms with Crippen molar-refractivity contribution in [2.24, 2.45) is 23.7 Å². The summed E-state index contributed by atoms with van der Waals surface area (Å²) in [5.41, 5.74) is 0.701. The van der Waals surface area contributed by atoms with Gasteiger partial charge < -0.3 is 45.2 Å². The number of amides is 6. The van der Waals surface area contributed by atoms with Gasteiger partial charge in [-0.15, -0.1) is 0 Å². The molecular formula is C45H80N6O8Si. The zero-order valence-electron chi connectivity index (χ0n) is 39.2. The highest BCUT2D eigenvalue weighted by molar-refractivity contribution is 6.55. The molecule has 1 aliphatic rings. The van der Waals surface area contributed by atoms with Crippen molar-refractivity contribution in [1.29, 1.82) is 0 Å². The number of aliphatic hydroxyl groups is 1. The molecule has 60 heavy (non-hydrogen) atoms. The molecule has 342 valence electrons. The molecule has 4 N–H and O–H groups in total. The lowest BCUT2D eigenvalue weighted by atomic mass is 9.89. The molecule has 1 aromatic carbocycles. The summed E-state index contributed by atoms with van der Waals surface area (Å²) in [6.07, 6.45) is 0.808. The Bertz CT molecular complexity index is 1500. The third-order valence-corrected chi connectivity index (χ3v) is 13.9. The van der Waals surface area contributed by atoms with Gasteiger partial charge in [0.05, 0.1) is 48.8 Å². The van der Waals surface area contributed by atoms with Crippen LogP contribution >= 0.6 is 0 Å². The van der Waals surface area contributed by atoms with E-state index < -0.39 is 63.1 Å². The standard InChI is InChI=1S/C45H80N6O8Si/c1-15-30(6)39(49(9)44(56)37(28(2)3)48-43(55)38(29(4)5)50(10)45(57)46-24-20-26-60(13)14)35(58-11)27-36(52)51-25-19-23-34(51)41(59-12)31(7)42(54)47-32(8)40(53)33-21-17-16-18-22-33/h16-18,21-22,28-32,34-35,37-41,53,60H,15,19-20,23-27H2,1-14H3,(H,46,57)(H,47,54)(H,48,55)/t30-,31+,32+,34-,35+,37-,38-,39-,40+,41+/m1/s1. The number of nitrogens with one attached hydrogen (secondary N) is 3. The highest BCUT2D eigenvalue weighted by atomic mass is 28.3. The van der Waals surface area contributed by atoms with Crippen LogP contribution in [0, 0.1) is 23.7 Å². The molecule has 0 saturated carbocycles. The van der Waals surface area contributed by atoms with E-state index in [1.807, 2.05) is 71.9 Å². The second-order valence-electron chi connectivity index (χ2n) is 18.0. The van der Waals surface area contributed by atoms with Crippen LogP contribution in [-0.2, 0) is 28.7 Å². The number of likely N-dealkylation sites (tertiary alicyclic amines) is 1. The minimum Gasteiger partial charge on any atom is -0.386 e. The van der Waals surface area contributed by atoms with E-state index in [4.69, 9.17) is 9.47 Å². The SMILES string of the molecule is CC[C@@H](C)[C@H]([C@H](CC(=O)N1CCC[C@@H]1[C@@H](OC)[C@H](C)C(=O)N[C@@H](C)[C@H](O)c1ccccc1)OC)N(C)C(=O)[C@H](NC(=O)[C@@H](C(C)C)N(C)C(=O)NCCC[SiH](C)C)C(C)C. The highest BCUT2D eigenvalue weighted by Crippen LogP contribution is 2.30. The highest BCUT2D eigenvalue weighted by Gasteiger charge is 2.43. The molecule has 0 radical (unpaired) electrons. The normalized spacial score (nSPS) is 18.8. The van der Waals surface area contributed by atoms with Gasteiger partial charge in [-0.3, -0.25) is 19.2 Å². The van der Waals surface area contributed by atoms with Gasteiger partial charge in [0.1, 0.15) is 12.1 Å². The minimum absolute atomic E-state index is 0.00959. The predicted molar refractivity (Wildman–Crippen MR) is 240 cm³/mol. The van der Waals surface area contributed by atoms with E-state index >= 15 is 0 Å². The molecule has 0 unspecified atom stereocenters. The van der Waals surface area contributed by atoms with Crippen LogP contribution in [0.4, 0.5) is 4.79 Å². The Morgan fingerprint density at radius 1 is 0.900 bits per heavy atom. The lowest BCUT2D eigenvalue weighted by Gasteiger charge is -2.41. The van der Waals surface area contributed by atoms with Gasteiger partial charge in [0.2, 0.25) is 23.6 Å². The van der Waals surface area contributed by atoms with Gasteiger partial charge in [-0.05, 0) is 49.5 Å². The van der Waals surface area contributed by atoms with Crippen molar-refractivity contribution >= 4 is 38.5 Å². The summed E-state index contributed by atoms with van der Waals surface area (Å²) in [7, 11) is 5.67. The van der Waals surface area contributed by atoms with Crippen molar-refractivity contribution < 1.29 is 38.6 Å². The van der Waals surface area contributed by atoms with Crippen molar-refractivity contribution in [2.75, 3.05) is 41.4 Å². The molecule has 10 atom stereocenters. The molecule has 1 fully saturated rings. The lowest BCUT2D eigenvalue weighted by molar-refractivity contribution is -0.148. The van der Waals surface area contributed by atoms with Crippen molar-refractivity contribution in [1.82, 2.24) is 30.7 Å². The molecule has 0 aliphatic carbocycles. The van der Waals surface area contributed by atoms with Gasteiger partial charge in [-0.25, -0.2) is 4.79 Å². The van der Waals surface area contributed by atoms with Gasteiger partial charge in [0.25, 0.3) is 0 Å². The number of methoxy groups -OCH3 is 2. The number of hydrogen-bond acceptors (Lipinski definition) is 8. The number of ether oxygens (including phenoxy) is 2. The van der Waals surface area contributed by atoms with Gasteiger partial charge in [-0.1, -0.05) is 104 Å². The van der Waals surface area contributed by atoms with E-state index in [1.165, 1.54) is 4.90 Å². The Morgan fingerprint density at radius 3 is 2.07 bits per heavy atom. The Hall–Kier alpha value is -3.53. The maximum absolute atomic E-state index is 14.5. The monoisotopic (exact) mass is 861 g/mol. The van der Waals surface area contributed by atoms with Gasteiger partial charge in [-0.2, -0.15) is 0 Å². The zero-order valence-corrected chi connectivity index (χ0v) is 40.4. The zero-order chi connectivity index (χ0) is 45.4. The fourth-order valence-electron chi connectivity index (χ4n) is 8.53. The lowest BCUT2D eigenvalue weighted by Crippen LogP contribution is -2.61. The molecule has 1 aliphatic heterocycles. The molecule has 0 aromatic heterocycles. The average molecular weight is 861 g/mol. The second kappa shape index (κ2) is 25.4. The summed E-state index contributed by atoms with van der Waals surface area (Å²) in [6, 6.07) is 6.82. The van der Waals surface area contributed by atoms with Crippen LogP contribution in [0.15, 0.2) is 30.3 Å². The van der Waals surface area contributed by atoms with Crippen LogP contribution in [0.25, 0.3) is 0 Å². The number of aliphatic hydroxyl groups excluding tert-OH is 1. The summed E-state index contributed by atoms with van der Waals surface area (Å²) in [4.78, 5) is 74.2. The average Bonchev–Trinajstić information content (AvgIpc) is 3.70. The Balaban J connectivity index is 2.25. The summed E-state index contributed by atoms with van der Waals surface area (Å²) in [5.74, 6) is -2.37. The van der Waals surface area contributed by atoms with E-state index in [-0.39, 0.29) is 54.0 Å². The summed E-state index contributed by atoms with van der Waals surface area (Å²) < 4.78 is 12.0. The van der Waals surface area contributed by atoms with E-state index in [0.717, 1.165) is 18.9 Å². The number of hydrogen-bond donors (Lipinski definition) is 4. The molecular weight excluding hydrogens is 781 g/mol. The Labute approximate surface area is 362 Å². The molecule has 15 heteroatoms. The molecule has 6 amide bonds. The first-order valence-electron chi connectivity index (χ1n) is 22.2. The van der Waals surface area contributed by atoms with Crippen LogP contribution in [-0.4, -0.2) is 142 Å². The van der Waals surface area contributed by atoms with Crippen LogP contribution in [0.2, 0.25) is 19.1 Å². The third-order valence-electron chi connectivity index (χ3n) is 12.3. The molecule has 1 saturated heterocycles. The van der Waals surface area contributed by atoms with Gasteiger partial charge >= 0.3 is 6.03 Å². The number of carbonyl (C=O) groups is 5. The summed E-state index contributed by atoms with van der Waals surface area (Å²) >= 11 is 0. The topological polar surface area (TPSA) is 170 Å². The van der Waals surface area contributed by atoms with Gasteiger partial charge in [0.15, 0.2) is 0 Å². The van der Waals surface area contributed by atoms with Gasteiger partial charge in [0, 0.05) is 50.2 Å². The molecule has 14 nitrogen and oxygen atoms in total. The van der Waals surface area contributed by atoms with Crippen molar-refractivity contribution in [3.8, 4) is 0 Å². The maximum Gasteiger partial charge on any atom is 0.317 e. The van der Waals surface area contributed by atoms with Crippen LogP contribution in [0.3, 0.4) is 0 Å². The molecule has 2 rings (SSSR count). The molecule has 0 bridgehead atoms. The Kier molecular flexibility index (Phi) is 22.3. The molecule has 1 aromatic rings. The van der Waals surface area contributed by atoms with Crippen molar-refractivity contribution in [3.63, 3.8) is 0 Å². The second-order valence-corrected chi connectivity index (χ2v) is 21.4. The van der Waals surface area contributed by atoms with Crippen LogP contribution in [0.5, 0.6) is 0 Å². The number of nitrogens with zero attached hydrogens (tertiary/aromatic N) is 3. The fraction of sp³-hybridized carbons (Fsp3) is 0.756. The van der Waals surface area contributed by atoms with Crippen LogP contribution < -0.4 is 16.0 Å². The molecule has 1 heterocycles. The van der Waals surface area contributed by atoms with E-state index in [9.17, 15) is 29.1 Å². The number of carbonyl (C=O) groups excluding carboxylic acids is 5. The smallest absolute Gasteiger partial charge is 0.317 e. The Morgan fingerprint density at radius 2 is 1.53 bits per heavy atom. The van der Waals surface area contributed by atoms with E-state index in [0.29, 0.717) is 31.5 Å². The number of benzene rings is 1. The minimum atomic E-state index is -0.898. The van der Waals surface area contributed by atoms with Crippen LogP contribution in [0.1, 0.15) is 99.2 Å². The third kappa shape index (κ3) is 14.5. The number of likely N-dealkylation sites (N-methyl/N-ethyl adjacent to an activating group) is 2. The summed E-state index contributed by atoms with van der Waals surface area (Å²) in [5, 5.41) is 19.8. The van der Waals surface area contributed by atoms with E-state index in [1.54, 1.807) is 52.0 Å². The summed E-state index contributed by atoms with van der Waals surface area (Å²) in [6.45, 7) is 20.7.